The summed E-state index contributed by atoms with van der Waals surface area (Å²) in [6.45, 7) is 3.50. The van der Waals surface area contributed by atoms with E-state index in [4.69, 9.17) is 11.5 Å². The highest BCUT2D eigenvalue weighted by Gasteiger charge is 2.39. The lowest BCUT2D eigenvalue weighted by Crippen LogP contribution is -2.62. The van der Waals surface area contributed by atoms with Gasteiger partial charge in [0, 0.05) is 0 Å². The lowest BCUT2D eigenvalue weighted by Gasteiger charge is -2.36. The van der Waals surface area contributed by atoms with E-state index >= 15 is 0 Å². The first-order valence-corrected chi connectivity index (χ1v) is 3.87. The van der Waals surface area contributed by atoms with Crippen molar-refractivity contribution >= 4 is 5.91 Å². The van der Waals surface area contributed by atoms with Crippen LogP contribution in [-0.2, 0) is 4.79 Å². The van der Waals surface area contributed by atoms with Crippen LogP contribution >= 0.6 is 0 Å². The monoisotopic (exact) mass is 157 g/mol. The minimum Gasteiger partial charge on any atom is -0.368 e. The van der Waals surface area contributed by atoms with E-state index in [-0.39, 0.29) is 11.8 Å². The number of amides is 1. The Balaban J connectivity index is 2.72. The second-order valence-electron chi connectivity index (χ2n) is 3.26. The van der Waals surface area contributed by atoms with Gasteiger partial charge in [-0.25, -0.2) is 0 Å². The normalized spacial score (nSPS) is 38.5. The number of rotatable bonds is 1. The number of hydrogen-bond acceptors (Lipinski definition) is 3. The second kappa shape index (κ2) is 2.79. The summed E-state index contributed by atoms with van der Waals surface area (Å²) in [5, 5.41) is 3.16. The van der Waals surface area contributed by atoms with Crippen molar-refractivity contribution in [3.8, 4) is 0 Å². The molecule has 1 aliphatic rings. The molecule has 1 saturated heterocycles. The Kier molecular flexibility index (Phi) is 2.15. The van der Waals surface area contributed by atoms with Gasteiger partial charge in [0.15, 0.2) is 0 Å². The highest BCUT2D eigenvalue weighted by molar-refractivity contribution is 5.84. The molecule has 2 atom stereocenters. The largest absolute Gasteiger partial charge is 0.368 e. The first-order valence-electron chi connectivity index (χ1n) is 3.87. The quantitative estimate of drug-likeness (QED) is 0.447. The lowest BCUT2D eigenvalue weighted by atomic mass is 9.80. The second-order valence-corrected chi connectivity index (χ2v) is 3.26. The molecule has 5 N–H and O–H groups in total. The maximum atomic E-state index is 11.0. The molecule has 64 valence electrons. The van der Waals surface area contributed by atoms with Crippen LogP contribution in [0.1, 0.15) is 13.3 Å². The van der Waals surface area contributed by atoms with Crippen molar-refractivity contribution in [3.63, 3.8) is 0 Å². The summed E-state index contributed by atoms with van der Waals surface area (Å²) >= 11 is 0. The van der Waals surface area contributed by atoms with Gasteiger partial charge in [-0.1, -0.05) is 6.92 Å². The average Bonchev–Trinajstić information content (AvgIpc) is 1.95. The molecule has 0 aromatic carbocycles. The number of primary amides is 1. The fourth-order valence-electron chi connectivity index (χ4n) is 1.41. The molecule has 2 unspecified atom stereocenters. The van der Waals surface area contributed by atoms with Crippen LogP contribution < -0.4 is 16.8 Å². The van der Waals surface area contributed by atoms with Crippen LogP contribution in [0.3, 0.4) is 0 Å². The Morgan fingerprint density at radius 3 is 2.73 bits per heavy atom. The molecule has 0 aromatic heterocycles. The van der Waals surface area contributed by atoms with E-state index < -0.39 is 5.54 Å². The van der Waals surface area contributed by atoms with E-state index in [1.807, 2.05) is 6.92 Å². The molecule has 1 amide bonds. The van der Waals surface area contributed by atoms with Crippen molar-refractivity contribution in [3.05, 3.63) is 0 Å². The van der Waals surface area contributed by atoms with Gasteiger partial charge in [0.2, 0.25) is 5.91 Å². The molecular weight excluding hydrogens is 142 g/mol. The summed E-state index contributed by atoms with van der Waals surface area (Å²) in [6.07, 6.45) is 0.642. The summed E-state index contributed by atoms with van der Waals surface area (Å²) < 4.78 is 0. The van der Waals surface area contributed by atoms with Gasteiger partial charge in [-0.15, -0.1) is 0 Å². The van der Waals surface area contributed by atoms with Crippen LogP contribution in [0.25, 0.3) is 0 Å². The number of hydrogen-bond donors (Lipinski definition) is 3. The van der Waals surface area contributed by atoms with Gasteiger partial charge in [-0.2, -0.15) is 0 Å². The molecule has 0 aliphatic carbocycles. The number of nitrogens with one attached hydrogen (secondary N) is 1. The number of carbonyl (C=O) groups excluding carboxylic acids is 1. The number of carbonyl (C=O) groups is 1. The summed E-state index contributed by atoms with van der Waals surface area (Å²) in [4.78, 5) is 11.0. The van der Waals surface area contributed by atoms with Crippen LogP contribution in [0.5, 0.6) is 0 Å². The predicted molar refractivity (Wildman–Crippen MR) is 42.8 cm³/mol. The van der Waals surface area contributed by atoms with E-state index in [1.54, 1.807) is 0 Å². The van der Waals surface area contributed by atoms with Gasteiger partial charge in [0.05, 0.1) is 0 Å². The maximum absolute atomic E-state index is 11.0. The highest BCUT2D eigenvalue weighted by Crippen LogP contribution is 2.20. The van der Waals surface area contributed by atoms with Gasteiger partial charge in [-0.3, -0.25) is 4.79 Å². The van der Waals surface area contributed by atoms with E-state index in [1.165, 1.54) is 0 Å². The molecule has 11 heavy (non-hydrogen) atoms. The molecule has 0 spiro atoms. The molecule has 4 heteroatoms. The molecule has 1 aliphatic heterocycles. The predicted octanol–water partition coefficient (Wildman–Crippen LogP) is -1.20. The summed E-state index contributed by atoms with van der Waals surface area (Å²) in [7, 11) is 0. The zero-order valence-corrected chi connectivity index (χ0v) is 6.76. The molecule has 0 radical (unpaired) electrons. The van der Waals surface area contributed by atoms with Gasteiger partial charge < -0.3 is 16.8 Å². The van der Waals surface area contributed by atoms with Crippen molar-refractivity contribution in [2.45, 2.75) is 18.9 Å². The Morgan fingerprint density at radius 1 is 1.73 bits per heavy atom. The lowest BCUT2D eigenvalue weighted by molar-refractivity contribution is -0.125. The number of nitrogens with two attached hydrogens (primary N) is 2. The van der Waals surface area contributed by atoms with E-state index in [2.05, 4.69) is 5.32 Å². The van der Waals surface area contributed by atoms with Crippen LogP contribution in [0, 0.1) is 5.92 Å². The standard InChI is InChI=1S/C7H15N3O/c1-5-4-10-3-2-7(5,9)6(8)11/h5,10H,2-4,9H2,1H3,(H2,8,11). The Bertz CT molecular complexity index is 171. The Labute approximate surface area is 66.3 Å². The summed E-state index contributed by atoms with van der Waals surface area (Å²) in [5.74, 6) is -0.250. The van der Waals surface area contributed by atoms with E-state index in [0.717, 1.165) is 13.1 Å². The van der Waals surface area contributed by atoms with Gasteiger partial charge >= 0.3 is 0 Å². The maximum Gasteiger partial charge on any atom is 0.237 e. The topological polar surface area (TPSA) is 81.1 Å². The van der Waals surface area contributed by atoms with Crippen molar-refractivity contribution in [2.75, 3.05) is 13.1 Å². The Hall–Kier alpha value is -0.610. The third-order valence-corrected chi connectivity index (χ3v) is 2.50. The van der Waals surface area contributed by atoms with Gasteiger partial charge in [0.25, 0.3) is 0 Å². The smallest absolute Gasteiger partial charge is 0.237 e. The van der Waals surface area contributed by atoms with Gasteiger partial charge in [0.1, 0.15) is 5.54 Å². The van der Waals surface area contributed by atoms with Crippen LogP contribution in [0.4, 0.5) is 0 Å². The summed E-state index contributed by atoms with van der Waals surface area (Å²) in [5.41, 5.74) is 10.2. The SMILES string of the molecule is CC1CNCCC1(N)C(N)=O. The Morgan fingerprint density at radius 2 is 2.36 bits per heavy atom. The zero-order valence-electron chi connectivity index (χ0n) is 6.76. The van der Waals surface area contributed by atoms with E-state index in [9.17, 15) is 4.79 Å². The van der Waals surface area contributed by atoms with Crippen LogP contribution in [-0.4, -0.2) is 24.5 Å². The molecule has 0 bridgehead atoms. The van der Waals surface area contributed by atoms with E-state index in [0.29, 0.717) is 6.42 Å². The van der Waals surface area contributed by atoms with Crippen LogP contribution in [0.15, 0.2) is 0 Å². The third-order valence-electron chi connectivity index (χ3n) is 2.50. The first kappa shape index (κ1) is 8.49. The minimum absolute atomic E-state index is 0.133. The van der Waals surface area contributed by atoms with Crippen molar-refractivity contribution in [2.24, 2.45) is 17.4 Å². The van der Waals surface area contributed by atoms with Gasteiger partial charge in [-0.05, 0) is 25.4 Å². The molecule has 4 nitrogen and oxygen atoms in total. The zero-order chi connectivity index (χ0) is 8.48. The first-order chi connectivity index (χ1) is 5.07. The van der Waals surface area contributed by atoms with Crippen molar-refractivity contribution < 1.29 is 4.79 Å². The molecule has 0 saturated carbocycles. The fourth-order valence-corrected chi connectivity index (χ4v) is 1.41. The molecule has 1 heterocycles. The van der Waals surface area contributed by atoms with Crippen LogP contribution in [0.2, 0.25) is 0 Å². The van der Waals surface area contributed by atoms with Crippen molar-refractivity contribution in [1.82, 2.24) is 5.32 Å². The minimum atomic E-state index is -0.786. The van der Waals surface area contributed by atoms with Crippen molar-refractivity contribution in [1.29, 1.82) is 0 Å². The summed E-state index contributed by atoms with van der Waals surface area (Å²) in [6, 6.07) is 0. The molecule has 1 rings (SSSR count). The molecular formula is C7H15N3O. The molecule has 0 aromatic rings. The molecule has 1 fully saturated rings. The highest BCUT2D eigenvalue weighted by atomic mass is 16.1. The fraction of sp³-hybridized carbons (Fsp3) is 0.857. The number of piperidine rings is 1. The third kappa shape index (κ3) is 1.36. The average molecular weight is 157 g/mol.